The summed E-state index contributed by atoms with van der Waals surface area (Å²) in [5.74, 6) is 0.876. The minimum absolute atomic E-state index is 0.679. The Morgan fingerprint density at radius 3 is 2.00 bits per heavy atom. The van der Waals surface area contributed by atoms with Crippen LogP contribution in [0.5, 0.6) is 0 Å². The van der Waals surface area contributed by atoms with Crippen LogP contribution in [0.15, 0.2) is 0 Å². The van der Waals surface area contributed by atoms with Gasteiger partial charge in [0.1, 0.15) is 0 Å². The van der Waals surface area contributed by atoms with E-state index in [1.807, 2.05) is 0 Å². The van der Waals surface area contributed by atoms with Gasteiger partial charge in [-0.3, -0.25) is 4.90 Å². The highest BCUT2D eigenvalue weighted by molar-refractivity contribution is 9.09. The Labute approximate surface area is 92.0 Å². The van der Waals surface area contributed by atoms with Gasteiger partial charge < -0.3 is 0 Å². The number of rotatable bonds is 7. The highest BCUT2D eigenvalue weighted by Crippen LogP contribution is 2.12. The van der Waals surface area contributed by atoms with Crippen LogP contribution in [-0.2, 0) is 0 Å². The first-order chi connectivity index (χ1) is 6.15. The van der Waals surface area contributed by atoms with E-state index in [-0.39, 0.29) is 0 Å². The lowest BCUT2D eigenvalue weighted by Gasteiger charge is -2.29. The van der Waals surface area contributed by atoms with Crippen LogP contribution in [0.1, 0.15) is 40.5 Å². The molecule has 0 saturated heterocycles. The number of alkyl halides is 1. The second-order valence-corrected chi connectivity index (χ2v) is 4.75. The molecule has 0 spiro atoms. The zero-order valence-electron chi connectivity index (χ0n) is 9.52. The van der Waals surface area contributed by atoms with Crippen molar-refractivity contribution < 1.29 is 0 Å². The van der Waals surface area contributed by atoms with E-state index in [9.17, 15) is 0 Å². The average Bonchev–Trinajstić information content (AvgIpc) is 2.11. The van der Waals surface area contributed by atoms with Gasteiger partial charge in [-0.25, -0.2) is 0 Å². The third kappa shape index (κ3) is 5.69. The standard InChI is InChI=1S/C11H24BrN/c1-5-11(6-2)9-13(8-7-12)10(3)4/h10-11H,5-9H2,1-4H3. The van der Waals surface area contributed by atoms with Gasteiger partial charge in [-0.15, -0.1) is 0 Å². The van der Waals surface area contributed by atoms with Crippen LogP contribution in [0.4, 0.5) is 0 Å². The number of halogens is 1. The molecular weight excluding hydrogens is 226 g/mol. The van der Waals surface area contributed by atoms with Gasteiger partial charge in [-0.1, -0.05) is 42.6 Å². The fourth-order valence-corrected chi connectivity index (χ4v) is 2.00. The van der Waals surface area contributed by atoms with E-state index in [0.717, 1.165) is 11.2 Å². The van der Waals surface area contributed by atoms with Gasteiger partial charge in [0.25, 0.3) is 0 Å². The van der Waals surface area contributed by atoms with Crippen LogP contribution in [0, 0.1) is 5.92 Å². The molecule has 0 heterocycles. The monoisotopic (exact) mass is 249 g/mol. The van der Waals surface area contributed by atoms with Gasteiger partial charge >= 0.3 is 0 Å². The molecule has 80 valence electrons. The van der Waals surface area contributed by atoms with Crippen LogP contribution in [0.3, 0.4) is 0 Å². The third-order valence-corrected chi connectivity index (χ3v) is 3.10. The molecule has 2 heteroatoms. The van der Waals surface area contributed by atoms with Gasteiger partial charge in [0.2, 0.25) is 0 Å². The van der Waals surface area contributed by atoms with Crippen molar-refractivity contribution in [2.75, 3.05) is 18.4 Å². The van der Waals surface area contributed by atoms with Crippen LogP contribution in [-0.4, -0.2) is 29.4 Å². The summed E-state index contributed by atoms with van der Waals surface area (Å²) in [6.45, 7) is 11.6. The van der Waals surface area contributed by atoms with E-state index < -0.39 is 0 Å². The molecule has 0 bridgehead atoms. The highest BCUT2D eigenvalue weighted by Gasteiger charge is 2.13. The Morgan fingerprint density at radius 2 is 1.69 bits per heavy atom. The first-order valence-corrected chi connectivity index (χ1v) is 6.57. The van der Waals surface area contributed by atoms with Crippen LogP contribution in [0.25, 0.3) is 0 Å². The lowest BCUT2D eigenvalue weighted by molar-refractivity contribution is 0.193. The number of hydrogen-bond donors (Lipinski definition) is 0. The fraction of sp³-hybridized carbons (Fsp3) is 1.00. The Balaban J connectivity index is 3.91. The molecule has 0 saturated carbocycles. The fourth-order valence-electron chi connectivity index (χ4n) is 1.55. The van der Waals surface area contributed by atoms with E-state index in [2.05, 4.69) is 48.5 Å². The number of hydrogen-bond acceptors (Lipinski definition) is 1. The zero-order valence-corrected chi connectivity index (χ0v) is 11.1. The van der Waals surface area contributed by atoms with Gasteiger partial charge in [-0.2, -0.15) is 0 Å². The van der Waals surface area contributed by atoms with Crippen molar-refractivity contribution in [2.24, 2.45) is 5.92 Å². The van der Waals surface area contributed by atoms with E-state index in [4.69, 9.17) is 0 Å². The Bertz CT molecular complexity index is 111. The topological polar surface area (TPSA) is 3.24 Å². The predicted molar refractivity (Wildman–Crippen MR) is 64.6 cm³/mol. The molecule has 0 aromatic carbocycles. The van der Waals surface area contributed by atoms with E-state index >= 15 is 0 Å². The summed E-state index contributed by atoms with van der Waals surface area (Å²) in [6, 6.07) is 0.679. The minimum atomic E-state index is 0.679. The second kappa shape index (κ2) is 7.81. The molecule has 0 amide bonds. The van der Waals surface area contributed by atoms with Crippen molar-refractivity contribution >= 4 is 15.9 Å². The molecule has 0 aliphatic carbocycles. The van der Waals surface area contributed by atoms with Gasteiger partial charge in [0.15, 0.2) is 0 Å². The summed E-state index contributed by atoms with van der Waals surface area (Å²) in [5.41, 5.74) is 0. The van der Waals surface area contributed by atoms with Crippen molar-refractivity contribution in [1.82, 2.24) is 4.90 Å². The first-order valence-electron chi connectivity index (χ1n) is 5.45. The Kier molecular flexibility index (Phi) is 8.07. The number of nitrogens with zero attached hydrogens (tertiary/aromatic N) is 1. The second-order valence-electron chi connectivity index (χ2n) is 3.96. The molecule has 13 heavy (non-hydrogen) atoms. The molecule has 0 aliphatic rings. The molecule has 0 unspecified atom stereocenters. The van der Waals surface area contributed by atoms with Crippen molar-refractivity contribution in [3.05, 3.63) is 0 Å². The summed E-state index contributed by atoms with van der Waals surface area (Å²) in [7, 11) is 0. The zero-order chi connectivity index (χ0) is 10.3. The predicted octanol–water partition coefficient (Wildman–Crippen LogP) is 3.53. The highest BCUT2D eigenvalue weighted by atomic mass is 79.9. The largest absolute Gasteiger partial charge is 0.300 e. The quantitative estimate of drug-likeness (QED) is 0.625. The summed E-state index contributed by atoms with van der Waals surface area (Å²) in [5, 5.41) is 1.09. The summed E-state index contributed by atoms with van der Waals surface area (Å²) >= 11 is 3.51. The summed E-state index contributed by atoms with van der Waals surface area (Å²) in [6.07, 6.45) is 2.62. The van der Waals surface area contributed by atoms with Gasteiger partial charge in [-0.05, 0) is 19.8 Å². The van der Waals surface area contributed by atoms with Crippen molar-refractivity contribution in [3.63, 3.8) is 0 Å². The lowest BCUT2D eigenvalue weighted by atomic mass is 10.0. The van der Waals surface area contributed by atoms with Gasteiger partial charge in [0.05, 0.1) is 0 Å². The molecule has 0 aliphatic heterocycles. The van der Waals surface area contributed by atoms with Crippen molar-refractivity contribution in [1.29, 1.82) is 0 Å². The Morgan fingerprint density at radius 1 is 1.15 bits per heavy atom. The molecular formula is C11H24BrN. The summed E-state index contributed by atoms with van der Waals surface area (Å²) < 4.78 is 0. The summed E-state index contributed by atoms with van der Waals surface area (Å²) in [4.78, 5) is 2.56. The lowest BCUT2D eigenvalue weighted by Crippen LogP contribution is -2.36. The first kappa shape index (κ1) is 13.4. The molecule has 0 atom stereocenters. The van der Waals surface area contributed by atoms with Gasteiger partial charge in [0, 0.05) is 24.5 Å². The van der Waals surface area contributed by atoms with E-state index in [0.29, 0.717) is 6.04 Å². The average molecular weight is 250 g/mol. The maximum atomic E-state index is 3.51. The molecule has 0 rings (SSSR count). The normalized spacial score (nSPS) is 12.0. The molecule has 0 aromatic heterocycles. The molecule has 1 nitrogen and oxygen atoms in total. The molecule has 0 fully saturated rings. The molecule has 0 radical (unpaired) electrons. The Hall–Kier alpha value is 0.440. The van der Waals surface area contributed by atoms with E-state index in [1.165, 1.54) is 25.9 Å². The van der Waals surface area contributed by atoms with Crippen LogP contribution < -0.4 is 0 Å². The molecule has 0 aromatic rings. The minimum Gasteiger partial charge on any atom is -0.300 e. The van der Waals surface area contributed by atoms with E-state index in [1.54, 1.807) is 0 Å². The third-order valence-electron chi connectivity index (χ3n) is 2.75. The van der Waals surface area contributed by atoms with Crippen molar-refractivity contribution in [2.45, 2.75) is 46.6 Å². The maximum absolute atomic E-state index is 3.51. The molecule has 0 N–H and O–H groups in total. The van der Waals surface area contributed by atoms with Crippen LogP contribution >= 0.6 is 15.9 Å². The smallest absolute Gasteiger partial charge is 0.0159 e. The SMILES string of the molecule is CCC(CC)CN(CCBr)C(C)C. The van der Waals surface area contributed by atoms with Crippen molar-refractivity contribution in [3.8, 4) is 0 Å². The maximum Gasteiger partial charge on any atom is 0.0159 e. The van der Waals surface area contributed by atoms with Crippen LogP contribution in [0.2, 0.25) is 0 Å².